The molecule has 0 unspecified atom stereocenters. The number of amides is 1. The largest absolute Gasteiger partial charge is 0.381 e. The molecule has 3 aromatic rings. The van der Waals surface area contributed by atoms with Crippen molar-refractivity contribution < 1.29 is 13.9 Å². The summed E-state index contributed by atoms with van der Waals surface area (Å²) >= 11 is 0. The number of nitrogens with zero attached hydrogens (tertiary/aromatic N) is 6. The molecule has 1 saturated carbocycles. The Morgan fingerprint density at radius 1 is 1.38 bits per heavy atom. The van der Waals surface area contributed by atoms with Crippen molar-refractivity contribution in [3.05, 3.63) is 29.5 Å². The van der Waals surface area contributed by atoms with Crippen molar-refractivity contribution in [3.63, 3.8) is 0 Å². The lowest BCUT2D eigenvalue weighted by Gasteiger charge is -2.23. The third-order valence-electron chi connectivity index (χ3n) is 6.18. The van der Waals surface area contributed by atoms with Gasteiger partial charge in [0.1, 0.15) is 23.2 Å². The molecule has 34 heavy (non-hydrogen) atoms. The number of aromatic nitrogens is 5. The summed E-state index contributed by atoms with van der Waals surface area (Å²) in [6.45, 7) is 7.04. The Bertz CT molecular complexity index is 1270. The van der Waals surface area contributed by atoms with Crippen molar-refractivity contribution in [1.29, 1.82) is 0 Å². The number of fused-ring (bicyclic) bond motifs is 1. The van der Waals surface area contributed by atoms with Crippen LogP contribution in [-0.4, -0.2) is 69.5 Å². The Balaban J connectivity index is 1.64. The summed E-state index contributed by atoms with van der Waals surface area (Å²) in [5.41, 5.74) is 2.62. The standard InChI is InChI=1S/C23H27FN8O2/c1-4-5-14-20(30-31(21(14)26-3)13-6-8-34-9-7-13)18-11-19(25-2)32-22(28-18)15(12-27-32)23(33)29-17-10-16(17)24/h4-5,11-13,16-17,25H,3,6-10H2,1-2H3,(H,29,33)/b5-4-/t16-,17+/m0/s1. The van der Waals surface area contributed by atoms with Gasteiger partial charge >= 0.3 is 0 Å². The highest BCUT2D eigenvalue weighted by atomic mass is 19.1. The monoisotopic (exact) mass is 466 g/mol. The molecule has 2 fully saturated rings. The smallest absolute Gasteiger partial charge is 0.257 e. The van der Waals surface area contributed by atoms with E-state index in [4.69, 9.17) is 14.8 Å². The molecule has 1 aliphatic heterocycles. The van der Waals surface area contributed by atoms with Crippen molar-refractivity contribution in [2.45, 2.75) is 44.4 Å². The van der Waals surface area contributed by atoms with Crippen molar-refractivity contribution in [1.82, 2.24) is 29.7 Å². The summed E-state index contributed by atoms with van der Waals surface area (Å²) < 4.78 is 22.3. The van der Waals surface area contributed by atoms with Gasteiger partial charge in [0.15, 0.2) is 11.5 Å². The lowest BCUT2D eigenvalue weighted by atomic mass is 10.1. The quantitative estimate of drug-likeness (QED) is 0.518. The Morgan fingerprint density at radius 2 is 2.15 bits per heavy atom. The molecule has 1 amide bonds. The summed E-state index contributed by atoms with van der Waals surface area (Å²) in [6, 6.07) is 1.52. The summed E-state index contributed by atoms with van der Waals surface area (Å²) in [5.74, 6) is 0.901. The van der Waals surface area contributed by atoms with Gasteiger partial charge in [0.25, 0.3) is 5.91 Å². The molecule has 0 radical (unpaired) electrons. The first-order chi connectivity index (χ1) is 16.5. The minimum Gasteiger partial charge on any atom is -0.381 e. The molecule has 0 bridgehead atoms. The molecule has 0 aromatic carbocycles. The number of hydrogen-bond acceptors (Lipinski definition) is 7. The summed E-state index contributed by atoms with van der Waals surface area (Å²) in [6.07, 6.45) is 6.30. The lowest BCUT2D eigenvalue weighted by Crippen LogP contribution is -2.27. The normalized spacial score (nSPS) is 20.7. The number of carbonyl (C=O) groups is 1. The van der Waals surface area contributed by atoms with Crippen LogP contribution in [0.2, 0.25) is 0 Å². The van der Waals surface area contributed by atoms with Crippen LogP contribution >= 0.6 is 0 Å². The van der Waals surface area contributed by atoms with Gasteiger partial charge in [0.2, 0.25) is 0 Å². The third kappa shape index (κ3) is 3.85. The SMILES string of the molecule is C=Nc1c(/C=C\C)c(-c2cc(NC)n3ncc(C(=O)N[C@@H]4C[C@@H]4F)c3n2)nn1C1CCOCC1. The molecule has 11 heteroatoms. The summed E-state index contributed by atoms with van der Waals surface area (Å²) in [5, 5.41) is 15.0. The second-order valence-corrected chi connectivity index (χ2v) is 8.43. The van der Waals surface area contributed by atoms with Crippen LogP contribution in [0.1, 0.15) is 48.1 Å². The summed E-state index contributed by atoms with van der Waals surface area (Å²) in [7, 11) is 1.77. The fraction of sp³-hybridized carbons (Fsp3) is 0.435. The van der Waals surface area contributed by atoms with Gasteiger partial charge in [-0.05, 0) is 26.5 Å². The molecule has 1 aliphatic carbocycles. The predicted octanol–water partition coefficient (Wildman–Crippen LogP) is 3.19. The fourth-order valence-electron chi connectivity index (χ4n) is 4.27. The van der Waals surface area contributed by atoms with Crippen molar-refractivity contribution in [2.75, 3.05) is 25.6 Å². The number of rotatable bonds is 7. The number of alkyl halides is 1. The van der Waals surface area contributed by atoms with E-state index >= 15 is 0 Å². The maximum absolute atomic E-state index is 13.3. The molecule has 3 aromatic heterocycles. The summed E-state index contributed by atoms with van der Waals surface area (Å²) in [4.78, 5) is 21.8. The topological polar surface area (TPSA) is 111 Å². The Hall–Kier alpha value is -3.60. The molecule has 2 aliphatic rings. The van der Waals surface area contributed by atoms with E-state index in [1.54, 1.807) is 11.6 Å². The number of ether oxygens (including phenoxy) is 1. The van der Waals surface area contributed by atoms with E-state index in [0.717, 1.165) is 18.4 Å². The van der Waals surface area contributed by atoms with Gasteiger partial charge in [0.05, 0.1) is 24.0 Å². The number of hydrogen-bond donors (Lipinski definition) is 2. The van der Waals surface area contributed by atoms with E-state index < -0.39 is 18.1 Å². The molecule has 2 N–H and O–H groups in total. The van der Waals surface area contributed by atoms with E-state index in [-0.39, 0.29) is 11.6 Å². The van der Waals surface area contributed by atoms with Crippen LogP contribution in [-0.2, 0) is 4.74 Å². The van der Waals surface area contributed by atoms with Crippen molar-refractivity contribution in [2.24, 2.45) is 4.99 Å². The van der Waals surface area contributed by atoms with E-state index in [1.807, 2.05) is 29.8 Å². The molecular formula is C23H27FN8O2. The highest BCUT2D eigenvalue weighted by Gasteiger charge is 2.39. The van der Waals surface area contributed by atoms with Gasteiger partial charge in [-0.2, -0.15) is 14.7 Å². The van der Waals surface area contributed by atoms with Gasteiger partial charge < -0.3 is 15.4 Å². The minimum atomic E-state index is -0.996. The second-order valence-electron chi connectivity index (χ2n) is 8.43. The first-order valence-corrected chi connectivity index (χ1v) is 11.4. The zero-order valence-corrected chi connectivity index (χ0v) is 19.2. The third-order valence-corrected chi connectivity index (χ3v) is 6.18. The minimum absolute atomic E-state index is 0.142. The average molecular weight is 467 g/mol. The van der Waals surface area contributed by atoms with Crippen molar-refractivity contribution in [3.8, 4) is 11.4 Å². The predicted molar refractivity (Wildman–Crippen MR) is 128 cm³/mol. The van der Waals surface area contributed by atoms with Crippen LogP contribution in [0.3, 0.4) is 0 Å². The Kier molecular flexibility index (Phi) is 5.86. The number of allylic oxidation sites excluding steroid dienone is 1. The van der Waals surface area contributed by atoms with Gasteiger partial charge in [-0.25, -0.2) is 19.0 Å². The van der Waals surface area contributed by atoms with Crippen LogP contribution in [0, 0.1) is 0 Å². The highest BCUT2D eigenvalue weighted by Crippen LogP contribution is 2.36. The Labute approximate surface area is 195 Å². The molecule has 5 rings (SSSR count). The molecule has 4 heterocycles. The molecule has 178 valence electrons. The van der Waals surface area contributed by atoms with Crippen molar-refractivity contribution >= 4 is 36.0 Å². The first-order valence-electron chi connectivity index (χ1n) is 11.4. The van der Waals surface area contributed by atoms with E-state index in [1.165, 1.54) is 6.20 Å². The van der Waals surface area contributed by atoms with Crippen LogP contribution in [0.15, 0.2) is 23.3 Å². The maximum atomic E-state index is 13.3. The molecule has 0 spiro atoms. The Morgan fingerprint density at radius 3 is 2.79 bits per heavy atom. The van der Waals surface area contributed by atoms with E-state index in [0.29, 0.717) is 48.3 Å². The second kappa shape index (κ2) is 8.98. The zero-order chi connectivity index (χ0) is 23.8. The van der Waals surface area contributed by atoms with Gasteiger partial charge in [-0.3, -0.25) is 4.79 Å². The highest BCUT2D eigenvalue weighted by molar-refractivity contribution is 6.00. The molecule has 1 saturated heterocycles. The number of anilines is 1. The van der Waals surface area contributed by atoms with E-state index in [9.17, 15) is 9.18 Å². The first kappa shape index (κ1) is 22.2. The van der Waals surface area contributed by atoms with Gasteiger partial charge in [-0.1, -0.05) is 12.2 Å². The number of aliphatic imine (C=N–C) groups is 1. The van der Waals surface area contributed by atoms with Gasteiger partial charge in [0, 0.05) is 38.3 Å². The number of carbonyl (C=O) groups excluding carboxylic acids is 1. The van der Waals surface area contributed by atoms with Crippen LogP contribution in [0.4, 0.5) is 16.0 Å². The number of nitrogens with one attached hydrogen (secondary N) is 2. The van der Waals surface area contributed by atoms with Gasteiger partial charge in [-0.15, -0.1) is 0 Å². The molecule has 2 atom stereocenters. The lowest BCUT2D eigenvalue weighted by molar-refractivity contribution is 0.0668. The molecular weight excluding hydrogens is 439 g/mol. The van der Waals surface area contributed by atoms with Crippen LogP contribution in [0.25, 0.3) is 23.1 Å². The number of halogens is 1. The zero-order valence-electron chi connectivity index (χ0n) is 19.2. The maximum Gasteiger partial charge on any atom is 0.257 e. The van der Waals surface area contributed by atoms with Crippen LogP contribution < -0.4 is 10.6 Å². The fourth-order valence-corrected chi connectivity index (χ4v) is 4.27. The molecule has 10 nitrogen and oxygen atoms in total. The average Bonchev–Trinajstić information content (AvgIpc) is 3.23. The van der Waals surface area contributed by atoms with E-state index in [2.05, 4.69) is 27.4 Å². The van der Waals surface area contributed by atoms with Crippen LogP contribution in [0.5, 0.6) is 0 Å².